The predicted molar refractivity (Wildman–Crippen MR) is 91.3 cm³/mol. The largest absolute Gasteiger partial charge is 0.353 e. The number of hydrogen-bond acceptors (Lipinski definition) is 3. The Balaban J connectivity index is 1.74. The molecule has 0 aromatic heterocycles. The van der Waals surface area contributed by atoms with Gasteiger partial charge in [-0.3, -0.25) is 9.69 Å². The summed E-state index contributed by atoms with van der Waals surface area (Å²) >= 11 is 0. The van der Waals surface area contributed by atoms with Gasteiger partial charge in [0.25, 0.3) is 0 Å². The quantitative estimate of drug-likeness (QED) is 0.863. The number of carbonyl (C=O) groups is 2. The first-order chi connectivity index (χ1) is 11.5. The van der Waals surface area contributed by atoms with E-state index in [2.05, 4.69) is 10.6 Å². The number of benzene rings is 1. The van der Waals surface area contributed by atoms with Gasteiger partial charge >= 0.3 is 6.03 Å². The Labute approximate surface area is 142 Å². The van der Waals surface area contributed by atoms with E-state index < -0.39 is 0 Å². The fourth-order valence-corrected chi connectivity index (χ4v) is 2.47. The van der Waals surface area contributed by atoms with Gasteiger partial charge in [-0.1, -0.05) is 6.92 Å². The van der Waals surface area contributed by atoms with Gasteiger partial charge < -0.3 is 15.5 Å². The van der Waals surface area contributed by atoms with Crippen LogP contribution in [0.25, 0.3) is 0 Å². The highest BCUT2D eigenvalue weighted by atomic mass is 19.1. The first-order valence-corrected chi connectivity index (χ1v) is 8.31. The van der Waals surface area contributed by atoms with Crippen LogP contribution in [0.1, 0.15) is 20.3 Å². The van der Waals surface area contributed by atoms with E-state index in [0.29, 0.717) is 38.4 Å². The number of piperazine rings is 1. The number of amides is 3. The van der Waals surface area contributed by atoms with Crippen molar-refractivity contribution in [1.82, 2.24) is 15.1 Å². The molecule has 1 fully saturated rings. The molecule has 1 unspecified atom stereocenters. The van der Waals surface area contributed by atoms with Crippen molar-refractivity contribution in [3.8, 4) is 0 Å². The number of anilines is 1. The molecular formula is C17H25FN4O2. The molecule has 6 nitrogen and oxygen atoms in total. The lowest BCUT2D eigenvalue weighted by Crippen LogP contribution is -2.52. The summed E-state index contributed by atoms with van der Waals surface area (Å²) in [5.74, 6) is -0.314. The lowest BCUT2D eigenvalue weighted by Gasteiger charge is -2.34. The van der Waals surface area contributed by atoms with E-state index in [1.54, 1.807) is 4.90 Å². The van der Waals surface area contributed by atoms with E-state index in [-0.39, 0.29) is 23.8 Å². The third kappa shape index (κ3) is 5.49. The van der Waals surface area contributed by atoms with Crippen LogP contribution in [0.4, 0.5) is 14.9 Å². The number of halogens is 1. The summed E-state index contributed by atoms with van der Waals surface area (Å²) < 4.78 is 12.9. The van der Waals surface area contributed by atoms with E-state index >= 15 is 0 Å². The van der Waals surface area contributed by atoms with Gasteiger partial charge in [-0.15, -0.1) is 0 Å². The van der Waals surface area contributed by atoms with Gasteiger partial charge in [0.2, 0.25) is 5.91 Å². The highest BCUT2D eigenvalue weighted by molar-refractivity contribution is 5.89. The van der Waals surface area contributed by atoms with Gasteiger partial charge in [-0.2, -0.15) is 0 Å². The number of urea groups is 1. The summed E-state index contributed by atoms with van der Waals surface area (Å²) in [6.45, 7) is 6.81. The first-order valence-electron chi connectivity index (χ1n) is 8.31. The van der Waals surface area contributed by atoms with Crippen LogP contribution >= 0.6 is 0 Å². The topological polar surface area (TPSA) is 64.7 Å². The monoisotopic (exact) mass is 336 g/mol. The van der Waals surface area contributed by atoms with Gasteiger partial charge in [0.15, 0.2) is 0 Å². The van der Waals surface area contributed by atoms with Crippen molar-refractivity contribution in [3.63, 3.8) is 0 Å². The smallest absolute Gasteiger partial charge is 0.321 e. The van der Waals surface area contributed by atoms with Gasteiger partial charge in [0.1, 0.15) is 5.82 Å². The fourth-order valence-electron chi connectivity index (χ4n) is 2.47. The minimum Gasteiger partial charge on any atom is -0.353 e. The van der Waals surface area contributed by atoms with E-state index in [1.807, 2.05) is 18.7 Å². The number of carbonyl (C=O) groups excluding carboxylic acids is 2. The zero-order valence-electron chi connectivity index (χ0n) is 14.2. The zero-order chi connectivity index (χ0) is 17.5. The van der Waals surface area contributed by atoms with E-state index in [1.165, 1.54) is 24.3 Å². The van der Waals surface area contributed by atoms with Crippen LogP contribution in [-0.2, 0) is 4.79 Å². The molecule has 132 valence electrons. The molecule has 1 aromatic rings. The van der Waals surface area contributed by atoms with Crippen molar-refractivity contribution in [1.29, 1.82) is 0 Å². The van der Waals surface area contributed by atoms with Crippen LogP contribution in [-0.4, -0.2) is 60.5 Å². The summed E-state index contributed by atoms with van der Waals surface area (Å²) in [5, 5.41) is 5.69. The molecule has 0 aliphatic carbocycles. The molecule has 24 heavy (non-hydrogen) atoms. The maximum absolute atomic E-state index is 12.9. The maximum atomic E-state index is 12.9. The maximum Gasteiger partial charge on any atom is 0.321 e. The van der Waals surface area contributed by atoms with Crippen molar-refractivity contribution < 1.29 is 14.0 Å². The van der Waals surface area contributed by atoms with Crippen LogP contribution in [0.2, 0.25) is 0 Å². The van der Waals surface area contributed by atoms with E-state index in [9.17, 15) is 14.0 Å². The molecule has 1 aliphatic rings. The second kappa shape index (κ2) is 8.63. The van der Waals surface area contributed by atoms with Crippen molar-refractivity contribution in [2.24, 2.45) is 0 Å². The molecular weight excluding hydrogens is 311 g/mol. The second-order valence-corrected chi connectivity index (χ2v) is 6.08. The standard InChI is InChI=1S/C17H25FN4O2/c1-3-13(2)19-16(23)12-21-8-10-22(11-9-21)17(24)20-15-6-4-14(18)5-7-15/h4-7,13H,3,8-12H2,1-2H3,(H,19,23)(H,20,24). The van der Waals surface area contributed by atoms with Crippen LogP contribution in [0.3, 0.4) is 0 Å². The van der Waals surface area contributed by atoms with Crippen molar-refractivity contribution in [2.75, 3.05) is 38.0 Å². The minimum absolute atomic E-state index is 0.0218. The summed E-state index contributed by atoms with van der Waals surface area (Å²) in [5.41, 5.74) is 0.566. The summed E-state index contributed by atoms with van der Waals surface area (Å²) in [6.07, 6.45) is 0.906. The minimum atomic E-state index is -0.336. The highest BCUT2D eigenvalue weighted by Gasteiger charge is 2.22. The van der Waals surface area contributed by atoms with Crippen LogP contribution < -0.4 is 10.6 Å². The Morgan fingerprint density at radius 2 is 1.79 bits per heavy atom. The lowest BCUT2D eigenvalue weighted by atomic mass is 10.2. The molecule has 1 saturated heterocycles. The molecule has 0 bridgehead atoms. The third-order valence-electron chi connectivity index (χ3n) is 4.14. The fraction of sp³-hybridized carbons (Fsp3) is 0.529. The average molecular weight is 336 g/mol. The SMILES string of the molecule is CCC(C)NC(=O)CN1CCN(C(=O)Nc2ccc(F)cc2)CC1. The predicted octanol–water partition coefficient (Wildman–Crippen LogP) is 1.89. The molecule has 1 atom stereocenters. The Morgan fingerprint density at radius 1 is 1.17 bits per heavy atom. The molecule has 2 N–H and O–H groups in total. The number of hydrogen-bond donors (Lipinski definition) is 2. The lowest BCUT2D eigenvalue weighted by molar-refractivity contribution is -0.123. The van der Waals surface area contributed by atoms with Crippen molar-refractivity contribution >= 4 is 17.6 Å². The molecule has 1 heterocycles. The molecule has 1 aromatic carbocycles. The summed E-state index contributed by atoms with van der Waals surface area (Å²) in [7, 11) is 0. The van der Waals surface area contributed by atoms with Gasteiger partial charge in [0, 0.05) is 37.9 Å². The van der Waals surface area contributed by atoms with Crippen LogP contribution in [0.5, 0.6) is 0 Å². The van der Waals surface area contributed by atoms with Crippen molar-refractivity contribution in [2.45, 2.75) is 26.3 Å². The van der Waals surface area contributed by atoms with Crippen molar-refractivity contribution in [3.05, 3.63) is 30.1 Å². The van der Waals surface area contributed by atoms with E-state index in [0.717, 1.165) is 6.42 Å². The van der Waals surface area contributed by atoms with Crippen LogP contribution in [0.15, 0.2) is 24.3 Å². The first kappa shape index (κ1) is 18.2. The number of nitrogens with zero attached hydrogens (tertiary/aromatic N) is 2. The van der Waals surface area contributed by atoms with Gasteiger partial charge in [-0.25, -0.2) is 9.18 Å². The van der Waals surface area contributed by atoms with Gasteiger partial charge in [0.05, 0.1) is 6.54 Å². The molecule has 7 heteroatoms. The molecule has 0 radical (unpaired) electrons. The Bertz CT molecular complexity index is 556. The molecule has 0 saturated carbocycles. The van der Waals surface area contributed by atoms with Gasteiger partial charge in [-0.05, 0) is 37.6 Å². The average Bonchev–Trinajstić information content (AvgIpc) is 2.57. The summed E-state index contributed by atoms with van der Waals surface area (Å²) in [4.78, 5) is 27.8. The highest BCUT2D eigenvalue weighted by Crippen LogP contribution is 2.10. The molecule has 3 amide bonds. The zero-order valence-corrected chi connectivity index (χ0v) is 14.2. The molecule has 1 aliphatic heterocycles. The third-order valence-corrected chi connectivity index (χ3v) is 4.14. The number of rotatable bonds is 5. The summed E-state index contributed by atoms with van der Waals surface area (Å²) in [6, 6.07) is 5.66. The Kier molecular flexibility index (Phi) is 6.54. The normalized spacial score (nSPS) is 16.5. The second-order valence-electron chi connectivity index (χ2n) is 6.08. The van der Waals surface area contributed by atoms with E-state index in [4.69, 9.17) is 0 Å². The Hall–Kier alpha value is -2.15. The molecule has 2 rings (SSSR count). The molecule has 0 spiro atoms. The number of nitrogens with one attached hydrogen (secondary N) is 2. The Morgan fingerprint density at radius 3 is 2.38 bits per heavy atom. The van der Waals surface area contributed by atoms with Crippen LogP contribution in [0, 0.1) is 5.82 Å².